The number of benzene rings is 1. The summed E-state index contributed by atoms with van der Waals surface area (Å²) in [4.78, 5) is 2.28. The van der Waals surface area contributed by atoms with Gasteiger partial charge in [-0.1, -0.05) is 40.9 Å². The number of hydrogen-bond acceptors (Lipinski definition) is 2. The standard InChI is InChI=1S/C14H20BrNO/c1-16(13-4-2-3-5-14(13)17)10-11-6-8-12(15)9-7-11/h6-9,13-14,17H,2-5,10H2,1H3/t13-,14-/m0/s1. The third-order valence-electron chi connectivity index (χ3n) is 3.61. The van der Waals surface area contributed by atoms with Crippen molar-refractivity contribution in [3.63, 3.8) is 0 Å². The maximum absolute atomic E-state index is 10.0. The molecule has 2 nitrogen and oxygen atoms in total. The molecule has 0 heterocycles. The predicted molar refractivity (Wildman–Crippen MR) is 73.9 cm³/mol. The van der Waals surface area contributed by atoms with Crippen LogP contribution in [0.1, 0.15) is 31.2 Å². The van der Waals surface area contributed by atoms with Gasteiger partial charge in [-0.3, -0.25) is 4.90 Å². The molecular formula is C14H20BrNO. The normalized spacial score (nSPS) is 25.2. The molecule has 0 aromatic heterocycles. The van der Waals surface area contributed by atoms with Crippen LogP contribution in [-0.4, -0.2) is 29.2 Å². The van der Waals surface area contributed by atoms with Crippen molar-refractivity contribution in [1.29, 1.82) is 0 Å². The average Bonchev–Trinajstić information content (AvgIpc) is 2.32. The lowest BCUT2D eigenvalue weighted by Crippen LogP contribution is -2.42. The van der Waals surface area contributed by atoms with Gasteiger partial charge in [0, 0.05) is 17.1 Å². The van der Waals surface area contributed by atoms with Crippen molar-refractivity contribution in [2.75, 3.05) is 7.05 Å². The molecule has 1 aromatic rings. The van der Waals surface area contributed by atoms with E-state index in [0.29, 0.717) is 6.04 Å². The minimum atomic E-state index is -0.149. The summed E-state index contributed by atoms with van der Waals surface area (Å²) in [5, 5.41) is 10.0. The van der Waals surface area contributed by atoms with Gasteiger partial charge in [0.15, 0.2) is 0 Å². The molecule has 1 aliphatic carbocycles. The molecule has 17 heavy (non-hydrogen) atoms. The van der Waals surface area contributed by atoms with Gasteiger partial charge in [0.05, 0.1) is 6.10 Å². The number of aliphatic hydroxyl groups excluding tert-OH is 1. The van der Waals surface area contributed by atoms with Crippen molar-refractivity contribution >= 4 is 15.9 Å². The topological polar surface area (TPSA) is 23.5 Å². The van der Waals surface area contributed by atoms with Gasteiger partial charge in [0.25, 0.3) is 0 Å². The lowest BCUT2D eigenvalue weighted by Gasteiger charge is -2.35. The van der Waals surface area contributed by atoms with E-state index in [0.717, 1.165) is 23.9 Å². The monoisotopic (exact) mass is 297 g/mol. The molecule has 1 fully saturated rings. The molecule has 1 aliphatic rings. The largest absolute Gasteiger partial charge is 0.391 e. The summed E-state index contributed by atoms with van der Waals surface area (Å²) in [5.74, 6) is 0. The zero-order valence-electron chi connectivity index (χ0n) is 10.3. The van der Waals surface area contributed by atoms with E-state index in [-0.39, 0.29) is 6.10 Å². The highest BCUT2D eigenvalue weighted by atomic mass is 79.9. The predicted octanol–water partition coefficient (Wildman–Crippen LogP) is 3.18. The van der Waals surface area contributed by atoms with Crippen LogP contribution in [0.4, 0.5) is 0 Å². The fourth-order valence-corrected chi connectivity index (χ4v) is 2.87. The van der Waals surface area contributed by atoms with Gasteiger partial charge in [0.2, 0.25) is 0 Å². The molecule has 1 saturated carbocycles. The van der Waals surface area contributed by atoms with Gasteiger partial charge < -0.3 is 5.11 Å². The van der Waals surface area contributed by atoms with E-state index in [1.807, 2.05) is 0 Å². The number of aliphatic hydroxyl groups is 1. The SMILES string of the molecule is CN(Cc1ccc(Br)cc1)[C@H]1CCCC[C@@H]1O. The Labute approximate surface area is 112 Å². The van der Waals surface area contributed by atoms with Gasteiger partial charge >= 0.3 is 0 Å². The second kappa shape index (κ2) is 5.98. The molecule has 1 N–H and O–H groups in total. The maximum Gasteiger partial charge on any atom is 0.0695 e. The van der Waals surface area contributed by atoms with Crippen molar-refractivity contribution in [2.24, 2.45) is 0 Å². The van der Waals surface area contributed by atoms with Crippen LogP contribution < -0.4 is 0 Å². The summed E-state index contributed by atoms with van der Waals surface area (Å²) >= 11 is 3.44. The highest BCUT2D eigenvalue weighted by Crippen LogP contribution is 2.23. The van der Waals surface area contributed by atoms with Gasteiger partial charge in [-0.25, -0.2) is 0 Å². The molecular weight excluding hydrogens is 278 g/mol. The Morgan fingerprint density at radius 1 is 1.24 bits per heavy atom. The van der Waals surface area contributed by atoms with E-state index >= 15 is 0 Å². The van der Waals surface area contributed by atoms with Crippen molar-refractivity contribution < 1.29 is 5.11 Å². The summed E-state index contributed by atoms with van der Waals surface area (Å²) in [6, 6.07) is 8.74. The third-order valence-corrected chi connectivity index (χ3v) is 4.13. The number of hydrogen-bond donors (Lipinski definition) is 1. The fraction of sp³-hybridized carbons (Fsp3) is 0.571. The Bertz CT molecular complexity index is 352. The molecule has 94 valence electrons. The van der Waals surface area contributed by atoms with Crippen molar-refractivity contribution in [1.82, 2.24) is 4.90 Å². The lowest BCUT2D eigenvalue weighted by atomic mass is 9.91. The molecule has 0 aliphatic heterocycles. The number of likely N-dealkylation sites (N-methyl/N-ethyl adjacent to an activating group) is 1. The number of rotatable bonds is 3. The minimum absolute atomic E-state index is 0.149. The molecule has 0 amide bonds. The number of nitrogens with zero attached hydrogens (tertiary/aromatic N) is 1. The molecule has 2 atom stereocenters. The average molecular weight is 298 g/mol. The van der Waals surface area contributed by atoms with E-state index in [1.54, 1.807) is 0 Å². The first-order chi connectivity index (χ1) is 8.16. The Hall–Kier alpha value is -0.380. The quantitative estimate of drug-likeness (QED) is 0.926. The maximum atomic E-state index is 10.0. The third kappa shape index (κ3) is 3.54. The summed E-state index contributed by atoms with van der Waals surface area (Å²) in [6.07, 6.45) is 4.34. The molecule has 1 aromatic carbocycles. The molecule has 0 saturated heterocycles. The van der Waals surface area contributed by atoms with Crippen molar-refractivity contribution in [2.45, 2.75) is 44.4 Å². The Kier molecular flexibility index (Phi) is 4.60. The molecule has 2 rings (SSSR count). The zero-order valence-corrected chi connectivity index (χ0v) is 11.9. The van der Waals surface area contributed by atoms with E-state index in [2.05, 4.69) is 52.1 Å². The van der Waals surface area contributed by atoms with Crippen LogP contribution in [0.3, 0.4) is 0 Å². The van der Waals surface area contributed by atoms with E-state index in [9.17, 15) is 5.11 Å². The van der Waals surface area contributed by atoms with E-state index in [1.165, 1.54) is 18.4 Å². The number of halogens is 1. The summed E-state index contributed by atoms with van der Waals surface area (Å²) < 4.78 is 1.11. The molecule has 3 heteroatoms. The first-order valence-corrected chi connectivity index (χ1v) is 7.09. The fourth-order valence-electron chi connectivity index (χ4n) is 2.60. The van der Waals surface area contributed by atoms with Crippen LogP contribution in [0, 0.1) is 0 Å². The zero-order chi connectivity index (χ0) is 12.3. The van der Waals surface area contributed by atoms with Gasteiger partial charge in [0.1, 0.15) is 0 Å². The summed E-state index contributed by atoms with van der Waals surface area (Å²) in [6.45, 7) is 0.912. The highest BCUT2D eigenvalue weighted by molar-refractivity contribution is 9.10. The lowest BCUT2D eigenvalue weighted by molar-refractivity contribution is 0.0288. The first-order valence-electron chi connectivity index (χ1n) is 6.29. The van der Waals surface area contributed by atoms with Crippen LogP contribution in [-0.2, 0) is 6.54 Å². The smallest absolute Gasteiger partial charge is 0.0695 e. The highest BCUT2D eigenvalue weighted by Gasteiger charge is 2.26. The van der Waals surface area contributed by atoms with Crippen LogP contribution in [0.2, 0.25) is 0 Å². The van der Waals surface area contributed by atoms with Crippen LogP contribution >= 0.6 is 15.9 Å². The molecule has 0 bridgehead atoms. The molecule has 0 unspecified atom stereocenters. The second-order valence-corrected chi connectivity index (χ2v) is 5.88. The van der Waals surface area contributed by atoms with Gasteiger partial charge in [-0.15, -0.1) is 0 Å². The van der Waals surface area contributed by atoms with Crippen LogP contribution in [0.25, 0.3) is 0 Å². The molecule has 0 spiro atoms. The Balaban J connectivity index is 1.95. The first kappa shape index (κ1) is 13.1. The van der Waals surface area contributed by atoms with Crippen molar-refractivity contribution in [3.05, 3.63) is 34.3 Å². The van der Waals surface area contributed by atoms with E-state index in [4.69, 9.17) is 0 Å². The summed E-state index contributed by atoms with van der Waals surface area (Å²) in [7, 11) is 2.11. The van der Waals surface area contributed by atoms with E-state index < -0.39 is 0 Å². The van der Waals surface area contributed by atoms with Gasteiger partial charge in [-0.2, -0.15) is 0 Å². The Morgan fingerprint density at radius 2 is 1.88 bits per heavy atom. The minimum Gasteiger partial charge on any atom is -0.391 e. The Morgan fingerprint density at radius 3 is 2.53 bits per heavy atom. The second-order valence-electron chi connectivity index (χ2n) is 4.96. The van der Waals surface area contributed by atoms with Gasteiger partial charge in [-0.05, 0) is 37.6 Å². The summed E-state index contributed by atoms with van der Waals surface area (Å²) in [5.41, 5.74) is 1.30. The van der Waals surface area contributed by atoms with Crippen LogP contribution in [0.15, 0.2) is 28.7 Å². The van der Waals surface area contributed by atoms with Crippen molar-refractivity contribution in [3.8, 4) is 0 Å². The van der Waals surface area contributed by atoms with Crippen LogP contribution in [0.5, 0.6) is 0 Å². The molecule has 0 radical (unpaired) electrons.